The number of halogens is 6. The van der Waals surface area contributed by atoms with E-state index in [2.05, 4.69) is 16.4 Å². The molecule has 0 amide bonds. The van der Waals surface area contributed by atoms with Crippen molar-refractivity contribution in [3.8, 4) is 11.5 Å². The van der Waals surface area contributed by atoms with Gasteiger partial charge in [-0.2, -0.15) is 17.6 Å². The van der Waals surface area contributed by atoms with Crippen molar-refractivity contribution in [1.29, 1.82) is 0 Å². The topological polar surface area (TPSA) is 36.9 Å². The molecule has 1 heterocycles. The van der Waals surface area contributed by atoms with Crippen LogP contribution in [-0.4, -0.2) is 19.8 Å². The standard InChI is InChI=1S/C29H34F6O4/c1-2-3-4-5-18-6-8-19(9-7-18)21-16-36-27(37-17-21)20-14-24(30)26(25(31)15-20)29(34,35)39-23-12-10-22(11-13-23)38-28(32)33/h10-15,18-19,21,27-28H,2-9,16-17H2,1H3. The van der Waals surface area contributed by atoms with Crippen LogP contribution in [0.2, 0.25) is 0 Å². The summed E-state index contributed by atoms with van der Waals surface area (Å²) in [7, 11) is 0. The third-order valence-corrected chi connectivity index (χ3v) is 7.62. The Kier molecular flexibility index (Phi) is 10.0. The zero-order chi connectivity index (χ0) is 28.0. The van der Waals surface area contributed by atoms with E-state index < -0.39 is 42.0 Å². The van der Waals surface area contributed by atoms with E-state index in [1.54, 1.807) is 0 Å². The summed E-state index contributed by atoms with van der Waals surface area (Å²) in [6.45, 7) is -0.158. The second kappa shape index (κ2) is 13.3. The average Bonchev–Trinajstić information content (AvgIpc) is 2.89. The van der Waals surface area contributed by atoms with Gasteiger partial charge < -0.3 is 18.9 Å². The molecule has 0 bridgehead atoms. The minimum Gasteiger partial charge on any atom is -0.435 e. The number of unbranched alkanes of at least 4 members (excludes halogenated alkanes) is 2. The molecule has 2 aliphatic rings. The van der Waals surface area contributed by atoms with Gasteiger partial charge >= 0.3 is 12.7 Å². The third kappa shape index (κ3) is 7.81. The van der Waals surface area contributed by atoms with Gasteiger partial charge in [-0.15, -0.1) is 0 Å². The van der Waals surface area contributed by atoms with Crippen LogP contribution in [0.1, 0.15) is 75.7 Å². The Morgan fingerprint density at radius 3 is 2.03 bits per heavy atom. The molecule has 2 aromatic rings. The summed E-state index contributed by atoms with van der Waals surface area (Å²) in [5.74, 6) is -2.40. The molecule has 1 saturated carbocycles. The molecule has 4 rings (SSSR count). The normalized spacial score (nSPS) is 24.1. The molecule has 39 heavy (non-hydrogen) atoms. The van der Waals surface area contributed by atoms with Crippen molar-refractivity contribution in [2.45, 2.75) is 77.3 Å². The molecule has 0 atom stereocenters. The molecule has 216 valence electrons. The largest absolute Gasteiger partial charge is 0.435 e. The highest BCUT2D eigenvalue weighted by Crippen LogP contribution is 2.40. The molecule has 4 nitrogen and oxygen atoms in total. The molecule has 1 aliphatic carbocycles. The lowest BCUT2D eigenvalue weighted by Gasteiger charge is -2.38. The third-order valence-electron chi connectivity index (χ3n) is 7.62. The summed E-state index contributed by atoms with van der Waals surface area (Å²) in [5, 5.41) is 0. The first kappa shape index (κ1) is 29.5. The predicted molar refractivity (Wildman–Crippen MR) is 132 cm³/mol. The Bertz CT molecular complexity index is 1030. The maximum Gasteiger partial charge on any atom is 0.432 e. The smallest absolute Gasteiger partial charge is 0.432 e. The molecule has 0 radical (unpaired) electrons. The Hall–Kier alpha value is -2.46. The minimum absolute atomic E-state index is 0.0452. The van der Waals surface area contributed by atoms with Crippen LogP contribution in [-0.2, 0) is 15.6 Å². The van der Waals surface area contributed by atoms with E-state index in [-0.39, 0.29) is 17.2 Å². The molecule has 2 aromatic carbocycles. The van der Waals surface area contributed by atoms with Crippen molar-refractivity contribution in [2.75, 3.05) is 13.2 Å². The van der Waals surface area contributed by atoms with Gasteiger partial charge in [0.25, 0.3) is 0 Å². The minimum atomic E-state index is -4.38. The van der Waals surface area contributed by atoms with Crippen LogP contribution < -0.4 is 9.47 Å². The van der Waals surface area contributed by atoms with E-state index >= 15 is 0 Å². The highest BCUT2D eigenvalue weighted by molar-refractivity contribution is 5.34. The van der Waals surface area contributed by atoms with Gasteiger partial charge in [0.15, 0.2) is 6.29 Å². The molecule has 0 unspecified atom stereocenters. The van der Waals surface area contributed by atoms with E-state index in [4.69, 9.17) is 9.47 Å². The van der Waals surface area contributed by atoms with Gasteiger partial charge in [0.2, 0.25) is 0 Å². The first-order valence-electron chi connectivity index (χ1n) is 13.5. The number of hydrogen-bond acceptors (Lipinski definition) is 4. The monoisotopic (exact) mass is 560 g/mol. The molecule has 0 N–H and O–H groups in total. The summed E-state index contributed by atoms with van der Waals surface area (Å²) in [5.41, 5.74) is -1.63. The molecular weight excluding hydrogens is 526 g/mol. The maximum atomic E-state index is 14.8. The van der Waals surface area contributed by atoms with Crippen molar-refractivity contribution in [3.63, 3.8) is 0 Å². The summed E-state index contributed by atoms with van der Waals surface area (Å²) in [4.78, 5) is 0. The van der Waals surface area contributed by atoms with E-state index in [1.165, 1.54) is 38.5 Å². The van der Waals surface area contributed by atoms with Crippen molar-refractivity contribution in [2.24, 2.45) is 17.8 Å². The number of alkyl halides is 4. The van der Waals surface area contributed by atoms with Gasteiger partial charge in [-0.1, -0.05) is 45.4 Å². The van der Waals surface area contributed by atoms with Crippen molar-refractivity contribution < 1.29 is 45.3 Å². The highest BCUT2D eigenvalue weighted by Gasteiger charge is 2.42. The summed E-state index contributed by atoms with van der Waals surface area (Å²) < 4.78 is 104. The first-order valence-corrected chi connectivity index (χ1v) is 13.5. The second-order valence-electron chi connectivity index (χ2n) is 10.4. The lowest BCUT2D eigenvalue weighted by atomic mass is 9.74. The Morgan fingerprint density at radius 1 is 0.872 bits per heavy atom. The van der Waals surface area contributed by atoms with Crippen LogP contribution in [0.5, 0.6) is 11.5 Å². The van der Waals surface area contributed by atoms with Crippen LogP contribution in [0, 0.1) is 29.4 Å². The maximum absolute atomic E-state index is 14.8. The SMILES string of the molecule is CCCCCC1CCC(C2COC(c3cc(F)c(C(F)(F)Oc4ccc(OC(F)F)cc4)c(F)c3)OC2)CC1. The molecule has 1 saturated heterocycles. The van der Waals surface area contributed by atoms with Gasteiger partial charge in [-0.3, -0.25) is 0 Å². The van der Waals surface area contributed by atoms with Crippen LogP contribution in [0.3, 0.4) is 0 Å². The summed E-state index contributed by atoms with van der Waals surface area (Å²) in [6.07, 6.45) is 4.19. The van der Waals surface area contributed by atoms with Crippen molar-refractivity contribution in [1.82, 2.24) is 0 Å². The van der Waals surface area contributed by atoms with Crippen molar-refractivity contribution >= 4 is 0 Å². The molecule has 2 fully saturated rings. The average molecular weight is 561 g/mol. The summed E-state index contributed by atoms with van der Waals surface area (Å²) >= 11 is 0. The quantitative estimate of drug-likeness (QED) is 0.203. The van der Waals surface area contributed by atoms with Gasteiger partial charge in [0.1, 0.15) is 28.7 Å². The van der Waals surface area contributed by atoms with Gasteiger partial charge in [-0.25, -0.2) is 8.78 Å². The van der Waals surface area contributed by atoms with Gasteiger partial charge in [0.05, 0.1) is 13.2 Å². The Balaban J connectivity index is 1.33. The second-order valence-corrected chi connectivity index (χ2v) is 10.4. The fourth-order valence-corrected chi connectivity index (χ4v) is 5.51. The van der Waals surface area contributed by atoms with E-state index in [0.717, 1.165) is 55.2 Å². The number of hydrogen-bond donors (Lipinski definition) is 0. The molecule has 0 aromatic heterocycles. The van der Waals surface area contributed by atoms with E-state index in [9.17, 15) is 26.3 Å². The number of ether oxygens (including phenoxy) is 4. The summed E-state index contributed by atoms with van der Waals surface area (Å²) in [6, 6.07) is 5.29. The van der Waals surface area contributed by atoms with Crippen LogP contribution >= 0.6 is 0 Å². The van der Waals surface area contributed by atoms with Crippen LogP contribution in [0.15, 0.2) is 36.4 Å². The highest BCUT2D eigenvalue weighted by atomic mass is 19.3. The number of benzene rings is 2. The molecule has 1 aliphatic heterocycles. The van der Waals surface area contributed by atoms with Gasteiger partial charge in [0, 0.05) is 11.5 Å². The molecular formula is C29H34F6O4. The van der Waals surface area contributed by atoms with Crippen molar-refractivity contribution in [3.05, 3.63) is 59.2 Å². The molecule has 10 heteroatoms. The zero-order valence-corrected chi connectivity index (χ0v) is 21.8. The van der Waals surface area contributed by atoms with E-state index in [1.807, 2.05) is 0 Å². The lowest BCUT2D eigenvalue weighted by molar-refractivity contribution is -0.215. The first-order chi connectivity index (χ1) is 18.7. The Labute approximate surface area is 224 Å². The zero-order valence-electron chi connectivity index (χ0n) is 21.8. The lowest BCUT2D eigenvalue weighted by Crippen LogP contribution is -2.34. The number of rotatable bonds is 11. The van der Waals surface area contributed by atoms with E-state index in [0.29, 0.717) is 19.1 Å². The van der Waals surface area contributed by atoms with Gasteiger partial charge in [-0.05, 0) is 61.1 Å². The fourth-order valence-electron chi connectivity index (χ4n) is 5.51. The van der Waals surface area contributed by atoms with Crippen LogP contribution in [0.25, 0.3) is 0 Å². The Morgan fingerprint density at radius 2 is 1.46 bits per heavy atom. The molecule has 0 spiro atoms. The van der Waals surface area contributed by atoms with Crippen LogP contribution in [0.4, 0.5) is 26.3 Å². The predicted octanol–water partition coefficient (Wildman–Crippen LogP) is 8.74. The fraction of sp³-hybridized carbons (Fsp3) is 0.586.